The first-order valence-electron chi connectivity index (χ1n) is 11.1. The smallest absolute Gasteiger partial charge is 0.252 e. The molecule has 1 atom stereocenters. The maximum Gasteiger partial charge on any atom is 0.252 e. The Hall–Kier alpha value is -2.02. The predicted octanol–water partition coefficient (Wildman–Crippen LogP) is 4.36. The quantitative estimate of drug-likeness (QED) is 0.649. The van der Waals surface area contributed by atoms with Crippen LogP contribution in [0.1, 0.15) is 41.6 Å². The second-order valence-corrected chi connectivity index (χ2v) is 9.31. The van der Waals surface area contributed by atoms with E-state index in [9.17, 15) is 4.79 Å². The number of methoxy groups -OCH3 is 1. The molecule has 2 aromatic carbocycles. The number of benzene rings is 2. The Kier molecular flexibility index (Phi) is 7.20. The molecule has 0 bridgehead atoms. The molecule has 0 unspecified atom stereocenters. The van der Waals surface area contributed by atoms with E-state index < -0.39 is 0 Å². The van der Waals surface area contributed by atoms with Gasteiger partial charge in [-0.25, -0.2) is 0 Å². The lowest BCUT2D eigenvalue weighted by Crippen LogP contribution is -2.44. The zero-order valence-electron chi connectivity index (χ0n) is 18.4. The van der Waals surface area contributed by atoms with Crippen molar-refractivity contribution in [2.24, 2.45) is 0 Å². The van der Waals surface area contributed by atoms with E-state index in [2.05, 4.69) is 22.3 Å². The molecule has 2 aromatic rings. The van der Waals surface area contributed by atoms with Crippen LogP contribution in [0.15, 0.2) is 53.4 Å². The van der Waals surface area contributed by atoms with Crippen LogP contribution in [-0.2, 0) is 11.3 Å². The second-order valence-electron chi connectivity index (χ2n) is 8.46. The number of nitrogens with one attached hydrogen (secondary N) is 1. The first-order chi connectivity index (χ1) is 15.1. The summed E-state index contributed by atoms with van der Waals surface area (Å²) in [5.74, 6) is 0.944. The van der Waals surface area contributed by atoms with Crippen molar-refractivity contribution in [3.8, 4) is 5.75 Å². The van der Waals surface area contributed by atoms with Gasteiger partial charge in [-0.15, -0.1) is 11.8 Å². The zero-order chi connectivity index (χ0) is 21.7. The molecule has 0 aromatic heterocycles. The summed E-state index contributed by atoms with van der Waals surface area (Å²) >= 11 is 1.60. The number of hydrogen-bond donors (Lipinski definition) is 1. The molecule has 2 fully saturated rings. The van der Waals surface area contributed by atoms with Crippen molar-refractivity contribution in [2.75, 3.05) is 33.0 Å². The summed E-state index contributed by atoms with van der Waals surface area (Å²) in [4.78, 5) is 16.1. The largest absolute Gasteiger partial charge is 0.496 e. The van der Waals surface area contributed by atoms with Crippen molar-refractivity contribution in [2.45, 2.75) is 48.8 Å². The Morgan fingerprint density at radius 1 is 1.16 bits per heavy atom. The zero-order valence-corrected chi connectivity index (χ0v) is 19.2. The van der Waals surface area contributed by atoms with Crippen molar-refractivity contribution in [1.29, 1.82) is 0 Å². The van der Waals surface area contributed by atoms with Gasteiger partial charge in [0.15, 0.2) is 0 Å². The summed E-state index contributed by atoms with van der Waals surface area (Å²) in [5, 5.41) is 3.09. The van der Waals surface area contributed by atoms with Gasteiger partial charge in [0.1, 0.15) is 5.75 Å². The molecule has 0 radical (unpaired) electrons. The molecule has 0 saturated carbocycles. The number of nitrogens with zero attached hydrogens (tertiary/aromatic N) is 1. The fourth-order valence-corrected chi connectivity index (χ4v) is 5.33. The third-order valence-electron chi connectivity index (χ3n) is 6.53. The highest BCUT2D eigenvalue weighted by molar-refractivity contribution is 7.98. The summed E-state index contributed by atoms with van der Waals surface area (Å²) in [5.41, 5.74) is 1.95. The molecule has 1 N–H and O–H groups in total. The monoisotopic (exact) mass is 440 g/mol. The van der Waals surface area contributed by atoms with Gasteiger partial charge in [-0.2, -0.15) is 0 Å². The highest BCUT2D eigenvalue weighted by Gasteiger charge is 2.42. The summed E-state index contributed by atoms with van der Waals surface area (Å²) in [6.07, 6.45) is 6.28. The number of hydrogen-bond acceptors (Lipinski definition) is 5. The van der Waals surface area contributed by atoms with E-state index in [0.29, 0.717) is 6.54 Å². The SMILES string of the molecule is COc1ccccc1CN1CCC2(CC[C@@H](CNC(=O)c3ccccc3SC)O2)CC1. The van der Waals surface area contributed by atoms with Gasteiger partial charge in [0.05, 0.1) is 24.4 Å². The lowest BCUT2D eigenvalue weighted by molar-refractivity contribution is -0.0765. The predicted molar refractivity (Wildman–Crippen MR) is 125 cm³/mol. The number of amides is 1. The van der Waals surface area contributed by atoms with Crippen LogP contribution in [0.3, 0.4) is 0 Å². The average Bonchev–Trinajstić information content (AvgIpc) is 3.22. The van der Waals surface area contributed by atoms with E-state index >= 15 is 0 Å². The molecule has 166 valence electrons. The molecule has 4 rings (SSSR count). The minimum atomic E-state index is -0.0240. The second kappa shape index (κ2) is 10.1. The highest BCUT2D eigenvalue weighted by Crippen LogP contribution is 2.39. The highest BCUT2D eigenvalue weighted by atomic mass is 32.2. The van der Waals surface area contributed by atoms with Gasteiger partial charge in [-0.1, -0.05) is 30.3 Å². The van der Waals surface area contributed by atoms with Gasteiger partial charge in [0, 0.05) is 36.6 Å². The minimum absolute atomic E-state index is 0.0128. The van der Waals surface area contributed by atoms with Crippen LogP contribution >= 0.6 is 11.8 Å². The third-order valence-corrected chi connectivity index (χ3v) is 7.33. The van der Waals surface area contributed by atoms with E-state index in [1.54, 1.807) is 18.9 Å². The molecule has 1 amide bonds. The summed E-state index contributed by atoms with van der Waals surface area (Å²) in [6.45, 7) is 3.54. The van der Waals surface area contributed by atoms with E-state index in [0.717, 1.165) is 61.5 Å². The molecule has 5 nitrogen and oxygen atoms in total. The van der Waals surface area contributed by atoms with Crippen LogP contribution < -0.4 is 10.1 Å². The molecule has 2 heterocycles. The minimum Gasteiger partial charge on any atom is -0.496 e. The van der Waals surface area contributed by atoms with Gasteiger partial charge >= 0.3 is 0 Å². The van der Waals surface area contributed by atoms with Crippen LogP contribution in [-0.4, -0.2) is 55.5 Å². The van der Waals surface area contributed by atoms with Crippen molar-refractivity contribution in [3.05, 3.63) is 59.7 Å². The Bertz CT molecular complexity index is 896. The standard InChI is InChI=1S/C25H32N2O3S/c1-29-22-9-5-3-7-19(22)18-27-15-13-25(14-16-27)12-11-20(30-25)17-26-24(28)21-8-4-6-10-23(21)31-2/h3-10,20H,11-18H2,1-2H3,(H,26,28)/t20-/m0/s1. The maximum atomic E-state index is 12.6. The van der Waals surface area contributed by atoms with Gasteiger partial charge in [-0.3, -0.25) is 9.69 Å². The third kappa shape index (κ3) is 5.25. The van der Waals surface area contributed by atoms with E-state index in [1.807, 2.05) is 42.7 Å². The number of carbonyl (C=O) groups is 1. The topological polar surface area (TPSA) is 50.8 Å². The summed E-state index contributed by atoms with van der Waals surface area (Å²) < 4.78 is 12.0. The number of thioether (sulfide) groups is 1. The van der Waals surface area contributed by atoms with Crippen LogP contribution in [0.2, 0.25) is 0 Å². The number of para-hydroxylation sites is 1. The summed E-state index contributed by atoms with van der Waals surface area (Å²) in [7, 11) is 1.73. The maximum absolute atomic E-state index is 12.6. The van der Waals surface area contributed by atoms with Crippen molar-refractivity contribution in [3.63, 3.8) is 0 Å². The molecular formula is C25H32N2O3S. The Morgan fingerprint density at radius 2 is 1.90 bits per heavy atom. The van der Waals surface area contributed by atoms with Gasteiger partial charge in [-0.05, 0) is 50.1 Å². The Labute approximate surface area is 189 Å². The molecule has 2 aliphatic rings. The molecule has 31 heavy (non-hydrogen) atoms. The van der Waals surface area contributed by atoms with Crippen LogP contribution in [0.25, 0.3) is 0 Å². The molecule has 2 saturated heterocycles. The fourth-order valence-electron chi connectivity index (χ4n) is 4.73. The first kappa shape index (κ1) is 22.2. The Morgan fingerprint density at radius 3 is 2.68 bits per heavy atom. The number of carbonyl (C=O) groups excluding carboxylic acids is 1. The van der Waals surface area contributed by atoms with Gasteiger partial charge < -0.3 is 14.8 Å². The van der Waals surface area contributed by atoms with Crippen molar-refractivity contribution < 1.29 is 14.3 Å². The van der Waals surface area contributed by atoms with Crippen molar-refractivity contribution >= 4 is 17.7 Å². The van der Waals surface area contributed by atoms with Crippen LogP contribution in [0.4, 0.5) is 0 Å². The molecule has 1 spiro atoms. The average molecular weight is 441 g/mol. The van der Waals surface area contributed by atoms with E-state index in [4.69, 9.17) is 9.47 Å². The molecule has 2 aliphatic heterocycles. The Balaban J connectivity index is 1.26. The first-order valence-corrected chi connectivity index (χ1v) is 12.3. The van der Waals surface area contributed by atoms with Crippen LogP contribution in [0, 0.1) is 0 Å². The number of piperidine rings is 1. The number of likely N-dealkylation sites (tertiary alicyclic amines) is 1. The van der Waals surface area contributed by atoms with Gasteiger partial charge in [0.25, 0.3) is 5.91 Å². The van der Waals surface area contributed by atoms with E-state index in [-0.39, 0.29) is 17.6 Å². The van der Waals surface area contributed by atoms with Gasteiger partial charge in [0.2, 0.25) is 0 Å². The molecule has 6 heteroatoms. The van der Waals surface area contributed by atoms with E-state index in [1.165, 1.54) is 5.56 Å². The lowest BCUT2D eigenvalue weighted by atomic mass is 9.88. The van der Waals surface area contributed by atoms with Crippen molar-refractivity contribution in [1.82, 2.24) is 10.2 Å². The number of rotatable bonds is 7. The molecular weight excluding hydrogens is 408 g/mol. The normalized spacial score (nSPS) is 20.6. The number of ether oxygens (including phenoxy) is 2. The molecule has 0 aliphatic carbocycles. The summed E-state index contributed by atoms with van der Waals surface area (Å²) in [6, 6.07) is 16.0. The fraction of sp³-hybridized carbons (Fsp3) is 0.480. The lowest BCUT2D eigenvalue weighted by Gasteiger charge is -2.39. The van der Waals surface area contributed by atoms with Crippen LogP contribution in [0.5, 0.6) is 5.75 Å².